The average Bonchev–Trinajstić information content (AvgIpc) is 3.30. The fourth-order valence-electron chi connectivity index (χ4n) is 4.01. The summed E-state index contributed by atoms with van der Waals surface area (Å²) < 4.78 is 28.3. The van der Waals surface area contributed by atoms with E-state index >= 15 is 0 Å². The lowest BCUT2D eigenvalue weighted by Crippen LogP contribution is -2.24. The Labute approximate surface area is 221 Å². The number of rotatable bonds is 12. The van der Waals surface area contributed by atoms with E-state index in [0.717, 1.165) is 49.2 Å². The SMILES string of the molecule is CCN(CC)CCCn1ncc2c(Nc3ccnc(Nc4cccc(C(=O)OS(N)(=O)=O)c4)n3)cccc21. The van der Waals surface area contributed by atoms with Crippen LogP contribution in [0.4, 0.5) is 23.1 Å². The predicted molar refractivity (Wildman–Crippen MR) is 146 cm³/mol. The second-order valence-electron chi connectivity index (χ2n) is 8.45. The highest BCUT2D eigenvalue weighted by atomic mass is 32.2. The van der Waals surface area contributed by atoms with Gasteiger partial charge in [0.25, 0.3) is 0 Å². The fraction of sp³-hybridized carbons (Fsp3) is 0.280. The monoisotopic (exact) mass is 538 g/mol. The molecule has 13 heteroatoms. The smallest absolute Gasteiger partial charge is 0.339 e. The van der Waals surface area contributed by atoms with Gasteiger partial charge in [0, 0.05) is 23.8 Å². The Hall–Kier alpha value is -4.07. The highest BCUT2D eigenvalue weighted by molar-refractivity contribution is 7.84. The van der Waals surface area contributed by atoms with Gasteiger partial charge in [0.1, 0.15) is 5.82 Å². The molecule has 0 amide bonds. The number of nitrogens with zero attached hydrogens (tertiary/aromatic N) is 5. The molecule has 0 bridgehead atoms. The lowest BCUT2D eigenvalue weighted by molar-refractivity contribution is 0.0747. The first kappa shape index (κ1) is 27.0. The first-order chi connectivity index (χ1) is 18.3. The minimum Gasteiger partial charge on any atom is -0.339 e. The Morgan fingerprint density at radius 2 is 1.89 bits per heavy atom. The normalized spacial score (nSPS) is 11.6. The van der Waals surface area contributed by atoms with Gasteiger partial charge in [0.2, 0.25) is 5.95 Å². The molecule has 0 spiro atoms. The van der Waals surface area contributed by atoms with Crippen molar-refractivity contribution >= 4 is 50.3 Å². The number of carbonyl (C=O) groups is 1. The first-order valence-electron chi connectivity index (χ1n) is 12.2. The Morgan fingerprint density at radius 3 is 2.66 bits per heavy atom. The van der Waals surface area contributed by atoms with E-state index in [9.17, 15) is 13.2 Å². The van der Waals surface area contributed by atoms with E-state index in [0.29, 0.717) is 11.5 Å². The molecule has 0 aliphatic rings. The van der Waals surface area contributed by atoms with Crippen molar-refractivity contribution in [2.24, 2.45) is 5.14 Å². The first-order valence-corrected chi connectivity index (χ1v) is 13.6. The Bertz CT molecular complexity index is 1520. The molecular weight excluding hydrogens is 508 g/mol. The molecular formula is C25H30N8O4S. The molecule has 0 unspecified atom stereocenters. The van der Waals surface area contributed by atoms with E-state index in [1.54, 1.807) is 24.4 Å². The van der Waals surface area contributed by atoms with Gasteiger partial charge in [-0.2, -0.15) is 23.6 Å². The van der Waals surface area contributed by atoms with Crippen LogP contribution in [0.1, 0.15) is 30.6 Å². The molecule has 0 atom stereocenters. The molecule has 0 aliphatic carbocycles. The van der Waals surface area contributed by atoms with E-state index in [-0.39, 0.29) is 11.5 Å². The van der Waals surface area contributed by atoms with Crippen LogP contribution in [0.5, 0.6) is 0 Å². The van der Waals surface area contributed by atoms with Crippen molar-refractivity contribution in [2.75, 3.05) is 30.3 Å². The van der Waals surface area contributed by atoms with Gasteiger partial charge in [0.05, 0.1) is 23.0 Å². The van der Waals surface area contributed by atoms with Crippen LogP contribution < -0.4 is 15.8 Å². The number of benzene rings is 2. The summed E-state index contributed by atoms with van der Waals surface area (Å²) in [7, 11) is -4.41. The maximum atomic E-state index is 12.0. The molecule has 0 saturated heterocycles. The van der Waals surface area contributed by atoms with E-state index in [4.69, 9.17) is 5.14 Å². The van der Waals surface area contributed by atoms with Crippen molar-refractivity contribution in [3.63, 3.8) is 0 Å². The highest BCUT2D eigenvalue weighted by Gasteiger charge is 2.15. The Kier molecular flexibility index (Phi) is 8.51. The average molecular weight is 539 g/mol. The van der Waals surface area contributed by atoms with Gasteiger partial charge in [-0.25, -0.2) is 9.78 Å². The summed E-state index contributed by atoms with van der Waals surface area (Å²) in [5, 5.41) is 16.7. The summed E-state index contributed by atoms with van der Waals surface area (Å²) in [5.74, 6) is -0.269. The van der Waals surface area contributed by atoms with Crippen molar-refractivity contribution in [3.05, 3.63) is 66.5 Å². The number of aromatic nitrogens is 4. The molecule has 4 N–H and O–H groups in total. The van der Waals surface area contributed by atoms with E-state index in [1.807, 2.05) is 29.1 Å². The van der Waals surface area contributed by atoms with Gasteiger partial charge in [0.15, 0.2) is 0 Å². The van der Waals surface area contributed by atoms with Crippen LogP contribution in [0, 0.1) is 0 Å². The molecule has 0 radical (unpaired) electrons. The molecule has 200 valence electrons. The minimum absolute atomic E-state index is 0.000842. The number of anilines is 4. The standard InChI is InChI=1S/C25H30N8O4S/c1-3-32(4-2)14-7-15-33-22-11-6-10-21(20(22)17-28-33)30-23-12-13-27-25(31-23)29-19-9-5-8-18(16-19)24(34)37-38(26,35)36/h5-6,8-13,16-17H,3-4,7,14-15H2,1-2H3,(H2,26,35,36)(H2,27,29,30,31). The zero-order chi connectivity index (χ0) is 27.1. The Balaban J connectivity index is 1.46. The third-order valence-electron chi connectivity index (χ3n) is 5.89. The molecule has 0 saturated carbocycles. The molecule has 0 aliphatic heterocycles. The summed E-state index contributed by atoms with van der Waals surface area (Å²) in [6.07, 6.45) is 4.45. The molecule has 2 aromatic carbocycles. The van der Waals surface area contributed by atoms with Gasteiger partial charge in [-0.05, 0) is 62.5 Å². The summed E-state index contributed by atoms with van der Waals surface area (Å²) in [6.45, 7) is 8.27. The van der Waals surface area contributed by atoms with Gasteiger partial charge in [-0.3, -0.25) is 4.68 Å². The van der Waals surface area contributed by atoms with Gasteiger partial charge < -0.3 is 19.7 Å². The summed E-state index contributed by atoms with van der Waals surface area (Å²) >= 11 is 0. The maximum Gasteiger partial charge on any atom is 0.382 e. The molecule has 12 nitrogen and oxygen atoms in total. The van der Waals surface area contributed by atoms with E-state index in [1.165, 1.54) is 12.1 Å². The van der Waals surface area contributed by atoms with Gasteiger partial charge in [-0.1, -0.05) is 26.0 Å². The van der Waals surface area contributed by atoms with Crippen molar-refractivity contribution in [1.29, 1.82) is 0 Å². The lowest BCUT2D eigenvalue weighted by Gasteiger charge is -2.17. The number of nitrogens with two attached hydrogens (primary N) is 1. The van der Waals surface area contributed by atoms with Crippen LogP contribution in [0.3, 0.4) is 0 Å². The number of carbonyl (C=O) groups excluding carboxylic acids is 1. The zero-order valence-electron chi connectivity index (χ0n) is 21.2. The number of hydrogen-bond acceptors (Lipinski definition) is 10. The molecule has 4 aromatic rings. The lowest BCUT2D eigenvalue weighted by atomic mass is 10.2. The number of nitrogens with one attached hydrogen (secondary N) is 2. The number of fused-ring (bicyclic) bond motifs is 1. The van der Waals surface area contributed by atoms with Crippen molar-refractivity contribution in [1.82, 2.24) is 24.6 Å². The van der Waals surface area contributed by atoms with E-state index in [2.05, 4.69) is 48.6 Å². The van der Waals surface area contributed by atoms with Crippen LogP contribution in [0.15, 0.2) is 60.9 Å². The third-order valence-corrected chi connectivity index (χ3v) is 6.27. The Morgan fingerprint density at radius 1 is 1.11 bits per heavy atom. The topological polar surface area (TPSA) is 157 Å². The van der Waals surface area contributed by atoms with Crippen molar-refractivity contribution < 1.29 is 17.4 Å². The molecule has 2 heterocycles. The van der Waals surface area contributed by atoms with Crippen molar-refractivity contribution in [2.45, 2.75) is 26.8 Å². The summed E-state index contributed by atoms with van der Waals surface area (Å²) in [5.41, 5.74) is 2.35. The van der Waals surface area contributed by atoms with E-state index < -0.39 is 16.3 Å². The largest absolute Gasteiger partial charge is 0.382 e. The maximum absolute atomic E-state index is 12.0. The quantitative estimate of drug-likeness (QED) is 0.244. The van der Waals surface area contributed by atoms with Gasteiger partial charge in [-0.15, -0.1) is 0 Å². The van der Waals surface area contributed by atoms with Crippen molar-refractivity contribution in [3.8, 4) is 0 Å². The predicted octanol–water partition coefficient (Wildman–Crippen LogP) is 3.41. The third kappa shape index (κ3) is 7.03. The fourth-order valence-corrected chi connectivity index (χ4v) is 4.31. The number of aryl methyl sites for hydroxylation is 1. The highest BCUT2D eigenvalue weighted by Crippen LogP contribution is 2.26. The molecule has 38 heavy (non-hydrogen) atoms. The second-order valence-corrected chi connectivity index (χ2v) is 9.60. The van der Waals surface area contributed by atoms with Crippen LogP contribution >= 0.6 is 0 Å². The van der Waals surface area contributed by atoms with Crippen LogP contribution in [0.25, 0.3) is 10.9 Å². The summed E-state index contributed by atoms with van der Waals surface area (Å²) in [6, 6.07) is 13.8. The van der Waals surface area contributed by atoms with Crippen LogP contribution in [-0.4, -0.2) is 58.7 Å². The van der Waals surface area contributed by atoms with Crippen LogP contribution in [-0.2, 0) is 21.0 Å². The minimum atomic E-state index is -4.41. The molecule has 0 fully saturated rings. The zero-order valence-corrected chi connectivity index (χ0v) is 22.0. The van der Waals surface area contributed by atoms with Gasteiger partial charge >= 0.3 is 16.3 Å². The molecule has 2 aromatic heterocycles. The molecule has 4 rings (SSSR count). The second kappa shape index (κ2) is 12.0. The summed E-state index contributed by atoms with van der Waals surface area (Å²) in [4.78, 5) is 23.1. The number of hydrogen-bond donors (Lipinski definition) is 3. The van der Waals surface area contributed by atoms with Crippen LogP contribution in [0.2, 0.25) is 0 Å².